The number of hydrogen-bond acceptors (Lipinski definition) is 3. The molecule has 18 heavy (non-hydrogen) atoms. The Morgan fingerprint density at radius 3 is 2.94 bits per heavy atom. The molecule has 5 heteroatoms. The molecule has 1 amide bonds. The molecule has 0 saturated heterocycles. The van der Waals surface area contributed by atoms with Crippen LogP contribution in [0.15, 0.2) is 28.7 Å². The van der Waals surface area contributed by atoms with Crippen molar-refractivity contribution in [3.8, 4) is 5.75 Å². The van der Waals surface area contributed by atoms with Gasteiger partial charge in [0.1, 0.15) is 11.9 Å². The average molecular weight is 313 g/mol. The molecule has 0 radical (unpaired) electrons. The second-order valence-electron chi connectivity index (χ2n) is 4.75. The predicted molar refractivity (Wildman–Crippen MR) is 73.4 cm³/mol. The van der Waals surface area contributed by atoms with E-state index in [0.717, 1.165) is 23.1 Å². The van der Waals surface area contributed by atoms with E-state index in [9.17, 15) is 4.79 Å². The Morgan fingerprint density at radius 1 is 1.61 bits per heavy atom. The van der Waals surface area contributed by atoms with E-state index < -0.39 is 5.54 Å². The second-order valence-corrected chi connectivity index (χ2v) is 5.67. The minimum absolute atomic E-state index is 0.0767. The predicted octanol–water partition coefficient (Wildman–Crippen LogP) is 1.82. The van der Waals surface area contributed by atoms with Gasteiger partial charge in [-0.25, -0.2) is 0 Å². The van der Waals surface area contributed by atoms with Crippen molar-refractivity contribution in [3.63, 3.8) is 0 Å². The van der Waals surface area contributed by atoms with Crippen molar-refractivity contribution in [2.45, 2.75) is 31.4 Å². The van der Waals surface area contributed by atoms with Crippen LogP contribution in [0.2, 0.25) is 0 Å². The minimum atomic E-state index is -0.616. The number of amides is 1. The zero-order valence-corrected chi connectivity index (χ0v) is 11.9. The molecular formula is C13H17BrN2O2. The Hall–Kier alpha value is -1.07. The molecule has 1 aromatic carbocycles. The van der Waals surface area contributed by atoms with Crippen molar-refractivity contribution in [1.29, 1.82) is 0 Å². The minimum Gasteiger partial charge on any atom is -0.489 e. The van der Waals surface area contributed by atoms with E-state index in [1.54, 1.807) is 0 Å². The molecule has 0 aromatic heterocycles. The smallest absolute Gasteiger partial charge is 0.240 e. The molecule has 0 aliphatic heterocycles. The largest absolute Gasteiger partial charge is 0.489 e. The molecule has 0 spiro atoms. The van der Waals surface area contributed by atoms with E-state index in [0.29, 0.717) is 6.54 Å². The summed E-state index contributed by atoms with van der Waals surface area (Å²) in [6.45, 7) is 2.38. The number of benzene rings is 1. The van der Waals surface area contributed by atoms with Crippen molar-refractivity contribution < 1.29 is 9.53 Å². The van der Waals surface area contributed by atoms with Crippen LogP contribution in [0.3, 0.4) is 0 Å². The summed E-state index contributed by atoms with van der Waals surface area (Å²) in [6, 6.07) is 7.62. The summed E-state index contributed by atoms with van der Waals surface area (Å²) >= 11 is 3.38. The Balaban J connectivity index is 1.78. The molecule has 1 aliphatic rings. The lowest BCUT2D eigenvalue weighted by molar-refractivity contribution is -0.123. The molecule has 1 aromatic rings. The number of nitrogens with one attached hydrogen (secondary N) is 1. The van der Waals surface area contributed by atoms with Crippen molar-refractivity contribution in [2.24, 2.45) is 5.73 Å². The number of carbonyl (C=O) groups excluding carboxylic acids is 1. The molecular weight excluding hydrogens is 296 g/mol. The van der Waals surface area contributed by atoms with Crippen LogP contribution in [0, 0.1) is 0 Å². The fourth-order valence-corrected chi connectivity index (χ4v) is 1.97. The quantitative estimate of drug-likeness (QED) is 0.871. The number of rotatable bonds is 5. The first-order chi connectivity index (χ1) is 8.49. The van der Waals surface area contributed by atoms with Gasteiger partial charge in [-0.2, -0.15) is 0 Å². The first-order valence-electron chi connectivity index (χ1n) is 5.99. The number of halogens is 1. The molecule has 1 fully saturated rings. The van der Waals surface area contributed by atoms with Gasteiger partial charge in [0.05, 0.1) is 12.1 Å². The Kier molecular flexibility index (Phi) is 3.92. The molecule has 0 bridgehead atoms. The van der Waals surface area contributed by atoms with Crippen LogP contribution in [-0.2, 0) is 4.79 Å². The Bertz CT molecular complexity index is 446. The molecule has 4 nitrogen and oxygen atoms in total. The third-order valence-corrected chi connectivity index (χ3v) is 3.42. The normalized spacial score (nSPS) is 17.9. The zero-order chi connectivity index (χ0) is 13.2. The summed E-state index contributed by atoms with van der Waals surface area (Å²) in [5.41, 5.74) is 5.17. The lowest BCUT2D eigenvalue weighted by Gasteiger charge is -2.17. The van der Waals surface area contributed by atoms with Gasteiger partial charge in [0, 0.05) is 4.47 Å². The van der Waals surface area contributed by atoms with Crippen molar-refractivity contribution in [2.75, 3.05) is 6.54 Å². The maximum absolute atomic E-state index is 11.6. The lowest BCUT2D eigenvalue weighted by atomic mass is 10.2. The van der Waals surface area contributed by atoms with Gasteiger partial charge >= 0.3 is 0 Å². The van der Waals surface area contributed by atoms with Gasteiger partial charge in [0.2, 0.25) is 5.91 Å². The van der Waals surface area contributed by atoms with Crippen molar-refractivity contribution >= 4 is 21.8 Å². The topological polar surface area (TPSA) is 64.4 Å². The van der Waals surface area contributed by atoms with E-state index in [4.69, 9.17) is 10.5 Å². The highest BCUT2D eigenvalue weighted by molar-refractivity contribution is 9.10. The standard InChI is InChI=1S/C13H17BrN2O2/c1-9(8-16-12(17)13(15)5-6-13)18-11-4-2-3-10(14)7-11/h2-4,7,9H,5-6,8,15H2,1H3,(H,16,17). The number of hydrogen-bond donors (Lipinski definition) is 2. The summed E-state index contributed by atoms with van der Waals surface area (Å²) in [5, 5.41) is 2.82. The first kappa shape index (κ1) is 13.4. The van der Waals surface area contributed by atoms with Gasteiger partial charge in [-0.1, -0.05) is 22.0 Å². The highest BCUT2D eigenvalue weighted by Gasteiger charge is 2.45. The number of carbonyl (C=O) groups is 1. The monoisotopic (exact) mass is 312 g/mol. The fourth-order valence-electron chi connectivity index (χ4n) is 1.59. The van der Waals surface area contributed by atoms with E-state index in [-0.39, 0.29) is 12.0 Å². The Labute approximate surface area is 115 Å². The molecule has 0 heterocycles. The van der Waals surface area contributed by atoms with Crippen LogP contribution < -0.4 is 15.8 Å². The maximum atomic E-state index is 11.6. The fraction of sp³-hybridized carbons (Fsp3) is 0.462. The number of nitrogens with two attached hydrogens (primary N) is 1. The van der Waals surface area contributed by atoms with Crippen LogP contribution in [0.4, 0.5) is 0 Å². The first-order valence-corrected chi connectivity index (χ1v) is 6.78. The van der Waals surface area contributed by atoms with Gasteiger partial charge in [-0.3, -0.25) is 4.79 Å². The molecule has 1 unspecified atom stereocenters. The SMILES string of the molecule is CC(CNC(=O)C1(N)CC1)Oc1cccc(Br)c1. The molecule has 98 valence electrons. The third-order valence-electron chi connectivity index (χ3n) is 2.92. The maximum Gasteiger partial charge on any atom is 0.240 e. The highest BCUT2D eigenvalue weighted by Crippen LogP contribution is 2.32. The van der Waals surface area contributed by atoms with Crippen LogP contribution >= 0.6 is 15.9 Å². The van der Waals surface area contributed by atoms with Crippen molar-refractivity contribution in [3.05, 3.63) is 28.7 Å². The van der Waals surface area contributed by atoms with Crippen LogP contribution in [0.5, 0.6) is 5.75 Å². The summed E-state index contributed by atoms with van der Waals surface area (Å²) < 4.78 is 6.66. The summed E-state index contributed by atoms with van der Waals surface area (Å²) in [4.78, 5) is 11.6. The van der Waals surface area contributed by atoms with E-state index in [1.807, 2.05) is 31.2 Å². The summed E-state index contributed by atoms with van der Waals surface area (Å²) in [7, 11) is 0. The molecule has 3 N–H and O–H groups in total. The number of ether oxygens (including phenoxy) is 1. The molecule has 1 aliphatic carbocycles. The van der Waals surface area contributed by atoms with Gasteiger partial charge in [0.15, 0.2) is 0 Å². The third kappa shape index (κ3) is 3.46. The molecule has 2 rings (SSSR count). The lowest BCUT2D eigenvalue weighted by Crippen LogP contribution is -2.45. The van der Waals surface area contributed by atoms with Gasteiger partial charge < -0.3 is 15.8 Å². The van der Waals surface area contributed by atoms with Crippen LogP contribution in [-0.4, -0.2) is 24.1 Å². The summed E-state index contributed by atoms with van der Waals surface area (Å²) in [5.74, 6) is 0.701. The van der Waals surface area contributed by atoms with Crippen LogP contribution in [0.25, 0.3) is 0 Å². The van der Waals surface area contributed by atoms with E-state index in [2.05, 4.69) is 21.2 Å². The van der Waals surface area contributed by atoms with Gasteiger partial charge in [-0.05, 0) is 38.0 Å². The molecule has 1 saturated carbocycles. The van der Waals surface area contributed by atoms with E-state index >= 15 is 0 Å². The average Bonchev–Trinajstić information content (AvgIpc) is 3.05. The van der Waals surface area contributed by atoms with Gasteiger partial charge in [-0.15, -0.1) is 0 Å². The van der Waals surface area contributed by atoms with Crippen LogP contribution in [0.1, 0.15) is 19.8 Å². The van der Waals surface area contributed by atoms with Crippen molar-refractivity contribution in [1.82, 2.24) is 5.32 Å². The van der Waals surface area contributed by atoms with Gasteiger partial charge in [0.25, 0.3) is 0 Å². The summed E-state index contributed by atoms with van der Waals surface area (Å²) in [6.07, 6.45) is 1.46. The second kappa shape index (κ2) is 5.28. The zero-order valence-electron chi connectivity index (χ0n) is 10.3. The molecule has 1 atom stereocenters. The van der Waals surface area contributed by atoms with E-state index in [1.165, 1.54) is 0 Å². The highest BCUT2D eigenvalue weighted by atomic mass is 79.9. The Morgan fingerprint density at radius 2 is 2.33 bits per heavy atom.